The number of hydrogen-bond donors (Lipinski definition) is 2. The topological polar surface area (TPSA) is 111 Å². The minimum Gasteiger partial charge on any atom is -0.491 e. The van der Waals surface area contributed by atoms with Gasteiger partial charge >= 0.3 is 11.7 Å². The molecule has 2 aromatic heterocycles. The third-order valence-electron chi connectivity index (χ3n) is 5.00. The molecule has 1 atom stereocenters. The van der Waals surface area contributed by atoms with Crippen molar-refractivity contribution in [2.75, 3.05) is 6.61 Å². The van der Waals surface area contributed by atoms with Crippen molar-refractivity contribution in [3.63, 3.8) is 0 Å². The first-order valence-electron chi connectivity index (χ1n) is 10.1. The fraction of sp³-hybridized carbons (Fsp3) is 0.261. The summed E-state index contributed by atoms with van der Waals surface area (Å²) in [6.45, 7) is 3.85. The van der Waals surface area contributed by atoms with Gasteiger partial charge in [0.15, 0.2) is 11.2 Å². The quantitative estimate of drug-likeness (QED) is 0.460. The van der Waals surface area contributed by atoms with Crippen molar-refractivity contribution in [3.05, 3.63) is 80.5 Å². The molecule has 0 radical (unpaired) electrons. The van der Waals surface area contributed by atoms with Gasteiger partial charge in [0.1, 0.15) is 24.2 Å². The number of aliphatic hydroxyl groups excluding tert-OH is 1. The lowest BCUT2D eigenvalue weighted by Gasteiger charge is -2.15. The Morgan fingerprint density at radius 2 is 1.72 bits per heavy atom. The number of aryl methyl sites for hydroxylation is 3. The molecule has 9 heteroatoms. The third kappa shape index (κ3) is 4.42. The van der Waals surface area contributed by atoms with Gasteiger partial charge in [-0.2, -0.15) is 4.98 Å². The summed E-state index contributed by atoms with van der Waals surface area (Å²) >= 11 is 0. The van der Waals surface area contributed by atoms with Crippen LogP contribution < -0.4 is 20.7 Å². The molecular formula is C23H24N4O5. The number of ether oxygens (including phenoxy) is 2. The van der Waals surface area contributed by atoms with Crippen molar-refractivity contribution in [3.8, 4) is 17.5 Å². The largest absolute Gasteiger partial charge is 0.491 e. The van der Waals surface area contributed by atoms with Crippen molar-refractivity contribution in [2.24, 2.45) is 7.05 Å². The lowest BCUT2D eigenvalue weighted by molar-refractivity contribution is 0.0915. The van der Waals surface area contributed by atoms with Crippen molar-refractivity contribution < 1.29 is 14.6 Å². The number of aromatic amines is 1. The van der Waals surface area contributed by atoms with Gasteiger partial charge in [-0.1, -0.05) is 24.3 Å². The normalized spacial score (nSPS) is 12.1. The van der Waals surface area contributed by atoms with E-state index in [0.717, 1.165) is 11.1 Å². The van der Waals surface area contributed by atoms with Gasteiger partial charge in [-0.3, -0.25) is 18.9 Å². The highest BCUT2D eigenvalue weighted by molar-refractivity contribution is 5.71. The van der Waals surface area contributed by atoms with E-state index in [1.165, 1.54) is 16.2 Å². The first-order chi connectivity index (χ1) is 15.3. The summed E-state index contributed by atoms with van der Waals surface area (Å²) in [6, 6.07) is 14.9. The van der Waals surface area contributed by atoms with Crippen LogP contribution >= 0.6 is 0 Å². The van der Waals surface area contributed by atoms with Crippen molar-refractivity contribution in [1.29, 1.82) is 0 Å². The van der Waals surface area contributed by atoms with Crippen LogP contribution in [-0.2, 0) is 13.6 Å². The molecule has 4 aromatic rings. The van der Waals surface area contributed by atoms with E-state index in [1.54, 1.807) is 12.1 Å². The van der Waals surface area contributed by atoms with Crippen molar-refractivity contribution >= 4 is 11.2 Å². The van der Waals surface area contributed by atoms with E-state index < -0.39 is 17.4 Å². The fourth-order valence-corrected chi connectivity index (χ4v) is 3.41. The molecule has 32 heavy (non-hydrogen) atoms. The maximum Gasteiger partial charge on any atom is 0.329 e. The Kier molecular flexibility index (Phi) is 5.83. The highest BCUT2D eigenvalue weighted by Crippen LogP contribution is 2.25. The molecule has 0 fully saturated rings. The third-order valence-corrected chi connectivity index (χ3v) is 5.00. The summed E-state index contributed by atoms with van der Waals surface area (Å²) in [4.78, 5) is 31.3. The number of fused-ring (bicyclic) bond motifs is 1. The zero-order chi connectivity index (χ0) is 22.8. The van der Waals surface area contributed by atoms with Gasteiger partial charge in [-0.05, 0) is 49.2 Å². The maximum absolute atomic E-state index is 12.6. The van der Waals surface area contributed by atoms with Gasteiger partial charge in [-0.25, -0.2) is 4.79 Å². The SMILES string of the molecule is Cc1cccc(OC[C@@H](O)Cn2c(Oc3cccc(C)c3)nc3c2c(=O)[nH]c(=O)n3C)c1. The molecule has 0 aliphatic carbocycles. The molecule has 0 saturated carbocycles. The van der Waals surface area contributed by atoms with Crippen molar-refractivity contribution in [2.45, 2.75) is 26.5 Å². The molecule has 0 unspecified atom stereocenters. The molecule has 0 spiro atoms. The Morgan fingerprint density at radius 1 is 1.06 bits per heavy atom. The molecular weight excluding hydrogens is 412 g/mol. The number of nitrogens with one attached hydrogen (secondary N) is 1. The molecule has 166 valence electrons. The Hall–Kier alpha value is -3.85. The van der Waals surface area contributed by atoms with Gasteiger partial charge in [0.2, 0.25) is 0 Å². The van der Waals surface area contributed by atoms with Crippen LogP contribution in [0.3, 0.4) is 0 Å². The summed E-state index contributed by atoms with van der Waals surface area (Å²) in [5.41, 5.74) is 1.12. The summed E-state index contributed by atoms with van der Waals surface area (Å²) < 4.78 is 14.3. The number of hydrogen-bond acceptors (Lipinski definition) is 6. The predicted molar refractivity (Wildman–Crippen MR) is 120 cm³/mol. The lowest BCUT2D eigenvalue weighted by Crippen LogP contribution is -2.30. The maximum atomic E-state index is 12.6. The van der Waals surface area contributed by atoms with Gasteiger partial charge in [0.25, 0.3) is 5.56 Å². The zero-order valence-electron chi connectivity index (χ0n) is 18.0. The van der Waals surface area contributed by atoms with E-state index in [9.17, 15) is 14.7 Å². The average Bonchev–Trinajstić information content (AvgIpc) is 3.09. The zero-order valence-corrected chi connectivity index (χ0v) is 18.0. The molecule has 2 aromatic carbocycles. The Labute approximate surface area is 183 Å². The molecule has 0 aliphatic rings. The number of benzene rings is 2. The highest BCUT2D eigenvalue weighted by Gasteiger charge is 2.21. The van der Waals surface area contributed by atoms with E-state index in [4.69, 9.17) is 9.47 Å². The number of imidazole rings is 1. The summed E-state index contributed by atoms with van der Waals surface area (Å²) in [7, 11) is 1.51. The second-order valence-corrected chi connectivity index (χ2v) is 7.70. The molecule has 4 rings (SSSR count). The van der Waals surface area contributed by atoms with E-state index in [2.05, 4.69) is 9.97 Å². The molecule has 0 bridgehead atoms. The standard InChI is InChI=1S/C23H24N4O5/c1-14-6-4-8-17(10-14)31-13-16(28)12-27-19-20(26(3)22(30)25-21(19)29)24-23(27)32-18-9-5-7-15(2)11-18/h4-11,16,28H,12-13H2,1-3H3,(H,25,29,30)/t16-/m0/s1. The van der Waals surface area contributed by atoms with Crippen LogP contribution in [-0.4, -0.2) is 36.9 Å². The van der Waals surface area contributed by atoms with Gasteiger partial charge in [-0.15, -0.1) is 0 Å². The molecule has 0 saturated heterocycles. The minimum atomic E-state index is -0.968. The summed E-state index contributed by atoms with van der Waals surface area (Å²) in [6.07, 6.45) is -0.968. The van der Waals surface area contributed by atoms with Gasteiger partial charge < -0.3 is 14.6 Å². The average molecular weight is 436 g/mol. The number of aliphatic hydroxyl groups is 1. The van der Waals surface area contributed by atoms with Crippen LogP contribution in [0.4, 0.5) is 0 Å². The van der Waals surface area contributed by atoms with Crippen molar-refractivity contribution in [1.82, 2.24) is 19.1 Å². The lowest BCUT2D eigenvalue weighted by atomic mass is 10.2. The molecule has 0 aliphatic heterocycles. The summed E-state index contributed by atoms with van der Waals surface area (Å²) in [5, 5.41) is 10.7. The van der Waals surface area contributed by atoms with Crippen LogP contribution in [0.5, 0.6) is 17.5 Å². The van der Waals surface area contributed by atoms with Gasteiger partial charge in [0.05, 0.1) is 6.54 Å². The second kappa shape index (κ2) is 8.72. The smallest absolute Gasteiger partial charge is 0.329 e. The van der Waals surface area contributed by atoms with Gasteiger partial charge in [0, 0.05) is 7.05 Å². The molecule has 2 heterocycles. The Bertz CT molecular complexity index is 1390. The highest BCUT2D eigenvalue weighted by atomic mass is 16.5. The van der Waals surface area contributed by atoms with Crippen LogP contribution in [0.25, 0.3) is 11.2 Å². The van der Waals surface area contributed by atoms with Crippen LogP contribution in [0.1, 0.15) is 11.1 Å². The van der Waals surface area contributed by atoms with E-state index in [1.807, 2.05) is 50.2 Å². The minimum absolute atomic E-state index is 0.00329. The molecule has 9 nitrogen and oxygen atoms in total. The first-order valence-corrected chi connectivity index (χ1v) is 10.1. The molecule has 0 amide bonds. The van der Waals surface area contributed by atoms with E-state index in [-0.39, 0.29) is 30.3 Å². The van der Waals surface area contributed by atoms with Crippen LogP contribution in [0.2, 0.25) is 0 Å². The number of nitrogens with zero attached hydrogens (tertiary/aromatic N) is 3. The number of aromatic nitrogens is 4. The number of rotatable bonds is 7. The Morgan fingerprint density at radius 3 is 2.41 bits per heavy atom. The van der Waals surface area contributed by atoms with E-state index in [0.29, 0.717) is 11.5 Å². The van der Waals surface area contributed by atoms with Crippen LogP contribution in [0, 0.1) is 13.8 Å². The Balaban J connectivity index is 1.68. The molecule has 2 N–H and O–H groups in total. The number of H-pyrrole nitrogens is 1. The second-order valence-electron chi connectivity index (χ2n) is 7.70. The predicted octanol–water partition coefficient (Wildman–Crippen LogP) is 2.27. The monoisotopic (exact) mass is 436 g/mol. The van der Waals surface area contributed by atoms with E-state index >= 15 is 0 Å². The fourth-order valence-electron chi connectivity index (χ4n) is 3.41. The van der Waals surface area contributed by atoms with Crippen LogP contribution in [0.15, 0.2) is 58.1 Å². The first kappa shape index (κ1) is 21.4. The summed E-state index contributed by atoms with van der Waals surface area (Å²) in [5.74, 6) is 1.16.